The van der Waals surface area contributed by atoms with Crippen molar-refractivity contribution < 1.29 is 24.2 Å². The summed E-state index contributed by atoms with van der Waals surface area (Å²) in [5, 5.41) is 8.71. The molecule has 1 aromatic carbocycles. The number of benzene rings is 1. The summed E-state index contributed by atoms with van der Waals surface area (Å²) in [7, 11) is 1.39. The first kappa shape index (κ1) is 12.8. The lowest BCUT2D eigenvalue weighted by Gasteiger charge is -2.14. The maximum absolute atomic E-state index is 10.9. The summed E-state index contributed by atoms with van der Waals surface area (Å²) >= 11 is 0. The molecule has 17 heavy (non-hydrogen) atoms. The summed E-state index contributed by atoms with van der Waals surface area (Å²) < 4.78 is 10.1. The molecular weight excluding hydrogens is 226 g/mol. The maximum atomic E-state index is 10.9. The maximum Gasteiger partial charge on any atom is 0.344 e. The summed E-state index contributed by atoms with van der Waals surface area (Å²) in [6.07, 6.45) is -1.01. The number of carbonyl (C=O) groups excluding carboxylic acids is 1. The van der Waals surface area contributed by atoms with Crippen molar-refractivity contribution in [2.24, 2.45) is 5.73 Å². The molecule has 1 rings (SSSR count). The van der Waals surface area contributed by atoms with Crippen LogP contribution in [-0.4, -0.2) is 30.2 Å². The third-order valence-corrected chi connectivity index (χ3v) is 2.10. The minimum Gasteiger partial charge on any atom is -0.493 e. The van der Waals surface area contributed by atoms with Crippen molar-refractivity contribution in [3.63, 3.8) is 0 Å². The van der Waals surface area contributed by atoms with Crippen LogP contribution in [0.3, 0.4) is 0 Å². The first-order chi connectivity index (χ1) is 7.95. The number of aliphatic carboxylic acids is 1. The quantitative estimate of drug-likeness (QED) is 0.785. The van der Waals surface area contributed by atoms with E-state index >= 15 is 0 Å². The molecule has 0 heterocycles. The van der Waals surface area contributed by atoms with Gasteiger partial charge in [0.2, 0.25) is 5.91 Å². The lowest BCUT2D eigenvalue weighted by molar-refractivity contribution is -0.144. The number of carbonyl (C=O) groups is 2. The molecule has 0 fully saturated rings. The van der Waals surface area contributed by atoms with E-state index in [0.717, 1.165) is 0 Å². The van der Waals surface area contributed by atoms with E-state index < -0.39 is 18.0 Å². The van der Waals surface area contributed by atoms with Gasteiger partial charge >= 0.3 is 5.97 Å². The summed E-state index contributed by atoms with van der Waals surface area (Å²) in [5.41, 5.74) is 5.37. The van der Waals surface area contributed by atoms with Crippen molar-refractivity contribution in [3.05, 3.63) is 23.8 Å². The van der Waals surface area contributed by atoms with Gasteiger partial charge in [0.1, 0.15) is 0 Å². The highest BCUT2D eigenvalue weighted by Crippen LogP contribution is 2.28. The highest BCUT2D eigenvalue weighted by atomic mass is 16.5. The van der Waals surface area contributed by atoms with Gasteiger partial charge in [0.05, 0.1) is 7.11 Å². The Balaban J connectivity index is 3.00. The lowest BCUT2D eigenvalue weighted by atomic mass is 10.2. The molecule has 0 aliphatic heterocycles. The Morgan fingerprint density at radius 2 is 2.00 bits per heavy atom. The predicted molar refractivity (Wildman–Crippen MR) is 59.2 cm³/mol. The number of hydrogen-bond acceptors (Lipinski definition) is 4. The van der Waals surface area contributed by atoms with Crippen molar-refractivity contribution in [2.45, 2.75) is 13.0 Å². The van der Waals surface area contributed by atoms with Gasteiger partial charge in [-0.25, -0.2) is 4.79 Å². The highest BCUT2D eigenvalue weighted by molar-refractivity contribution is 5.93. The molecule has 0 aliphatic carbocycles. The molecule has 6 nitrogen and oxygen atoms in total. The predicted octanol–water partition coefficient (Wildman–Crippen LogP) is 0.646. The van der Waals surface area contributed by atoms with Gasteiger partial charge in [-0.15, -0.1) is 0 Å². The molecule has 0 unspecified atom stereocenters. The third-order valence-electron chi connectivity index (χ3n) is 2.10. The van der Waals surface area contributed by atoms with Crippen LogP contribution in [0.1, 0.15) is 17.3 Å². The molecule has 92 valence electrons. The number of carboxylic acids is 1. The number of methoxy groups -OCH3 is 1. The number of carboxylic acid groups (broad SMARTS) is 1. The van der Waals surface area contributed by atoms with Gasteiger partial charge in [0.25, 0.3) is 0 Å². The first-order valence-corrected chi connectivity index (χ1v) is 4.83. The van der Waals surface area contributed by atoms with Crippen LogP contribution in [0.5, 0.6) is 11.5 Å². The molecule has 0 aliphatic rings. The van der Waals surface area contributed by atoms with Crippen molar-refractivity contribution in [2.75, 3.05) is 7.11 Å². The summed E-state index contributed by atoms with van der Waals surface area (Å²) in [6, 6.07) is 4.28. The summed E-state index contributed by atoms with van der Waals surface area (Å²) in [6.45, 7) is 1.39. The second kappa shape index (κ2) is 5.20. The van der Waals surface area contributed by atoms with Gasteiger partial charge < -0.3 is 20.3 Å². The zero-order chi connectivity index (χ0) is 13.0. The zero-order valence-corrected chi connectivity index (χ0v) is 9.47. The van der Waals surface area contributed by atoms with Crippen molar-refractivity contribution >= 4 is 11.9 Å². The molecule has 1 atom stereocenters. The second-order valence-corrected chi connectivity index (χ2v) is 3.33. The molecule has 0 spiro atoms. The van der Waals surface area contributed by atoms with E-state index in [1.165, 1.54) is 32.2 Å². The number of nitrogens with two attached hydrogens (primary N) is 1. The van der Waals surface area contributed by atoms with E-state index in [1.807, 2.05) is 0 Å². The number of amides is 1. The van der Waals surface area contributed by atoms with Gasteiger partial charge in [-0.3, -0.25) is 4.79 Å². The zero-order valence-electron chi connectivity index (χ0n) is 9.47. The van der Waals surface area contributed by atoms with Crippen LogP contribution >= 0.6 is 0 Å². The van der Waals surface area contributed by atoms with Crippen molar-refractivity contribution in [3.8, 4) is 11.5 Å². The average Bonchev–Trinajstić information content (AvgIpc) is 2.28. The summed E-state index contributed by atoms with van der Waals surface area (Å²) in [5.74, 6) is -1.19. The number of hydrogen-bond donors (Lipinski definition) is 2. The van der Waals surface area contributed by atoms with Crippen LogP contribution in [0.15, 0.2) is 18.2 Å². The Morgan fingerprint density at radius 1 is 1.35 bits per heavy atom. The minimum atomic E-state index is -1.09. The smallest absolute Gasteiger partial charge is 0.344 e. The summed E-state index contributed by atoms with van der Waals surface area (Å²) in [4.78, 5) is 21.6. The van der Waals surface area contributed by atoms with E-state index in [2.05, 4.69) is 0 Å². The van der Waals surface area contributed by atoms with Gasteiger partial charge in [-0.05, 0) is 25.1 Å². The fourth-order valence-corrected chi connectivity index (χ4v) is 1.16. The Hall–Kier alpha value is -2.24. The average molecular weight is 239 g/mol. The molecule has 0 saturated heterocycles. The number of primary amides is 1. The number of rotatable bonds is 5. The topological polar surface area (TPSA) is 98.9 Å². The third kappa shape index (κ3) is 3.10. The second-order valence-electron chi connectivity index (χ2n) is 3.33. The van der Waals surface area contributed by atoms with Gasteiger partial charge in [0, 0.05) is 5.56 Å². The van der Waals surface area contributed by atoms with E-state index in [1.54, 1.807) is 0 Å². The fourth-order valence-electron chi connectivity index (χ4n) is 1.16. The Bertz CT molecular complexity index is 443. The molecule has 0 bridgehead atoms. The van der Waals surface area contributed by atoms with Gasteiger partial charge in [0.15, 0.2) is 17.6 Å². The Kier molecular flexibility index (Phi) is 3.92. The lowest BCUT2D eigenvalue weighted by Crippen LogP contribution is -2.23. The monoisotopic (exact) mass is 239 g/mol. The molecule has 6 heteroatoms. The van der Waals surface area contributed by atoms with E-state index in [4.69, 9.17) is 20.3 Å². The molecule has 0 aromatic heterocycles. The highest BCUT2D eigenvalue weighted by Gasteiger charge is 2.16. The SMILES string of the molecule is COc1cc(C(N)=O)ccc1O[C@@H](C)C(=O)O. The first-order valence-electron chi connectivity index (χ1n) is 4.83. The van der Waals surface area contributed by atoms with Crippen LogP contribution in [0.2, 0.25) is 0 Å². The van der Waals surface area contributed by atoms with Crippen LogP contribution in [-0.2, 0) is 4.79 Å². The molecule has 1 amide bonds. The molecular formula is C11H13NO5. The van der Waals surface area contributed by atoms with Crippen molar-refractivity contribution in [1.82, 2.24) is 0 Å². The van der Waals surface area contributed by atoms with Crippen LogP contribution in [0.4, 0.5) is 0 Å². The van der Waals surface area contributed by atoms with E-state index in [-0.39, 0.29) is 17.1 Å². The van der Waals surface area contributed by atoms with Crippen molar-refractivity contribution in [1.29, 1.82) is 0 Å². The number of ether oxygens (including phenoxy) is 2. The van der Waals surface area contributed by atoms with E-state index in [0.29, 0.717) is 0 Å². The van der Waals surface area contributed by atoms with Gasteiger partial charge in [-0.2, -0.15) is 0 Å². The molecule has 3 N–H and O–H groups in total. The molecule has 0 saturated carbocycles. The largest absolute Gasteiger partial charge is 0.493 e. The van der Waals surface area contributed by atoms with Gasteiger partial charge in [-0.1, -0.05) is 0 Å². The van der Waals surface area contributed by atoms with Crippen LogP contribution < -0.4 is 15.2 Å². The standard InChI is InChI=1S/C11H13NO5/c1-6(11(14)15)17-8-4-3-7(10(12)13)5-9(8)16-2/h3-6H,1-2H3,(H2,12,13)(H,14,15)/t6-/m0/s1. The molecule has 0 radical (unpaired) electrons. The fraction of sp³-hybridized carbons (Fsp3) is 0.273. The Labute approximate surface area is 97.9 Å². The minimum absolute atomic E-state index is 0.243. The van der Waals surface area contributed by atoms with E-state index in [9.17, 15) is 9.59 Å². The Morgan fingerprint density at radius 3 is 2.47 bits per heavy atom. The normalized spacial score (nSPS) is 11.6. The van der Waals surface area contributed by atoms with Crippen LogP contribution in [0.25, 0.3) is 0 Å². The molecule has 1 aromatic rings. The van der Waals surface area contributed by atoms with Crippen LogP contribution in [0, 0.1) is 0 Å².